The topological polar surface area (TPSA) is 102 Å². The number of aryl methyl sites for hydroxylation is 1. The molecule has 1 spiro atoms. The van der Waals surface area contributed by atoms with Crippen LogP contribution in [0.25, 0.3) is 0 Å². The smallest absolute Gasteiger partial charge is 0.324 e. The summed E-state index contributed by atoms with van der Waals surface area (Å²) in [7, 11) is 0. The lowest BCUT2D eigenvalue weighted by atomic mass is 9.80. The average Bonchev–Trinajstić information content (AvgIpc) is 3.23. The number of nitriles is 1. The molecule has 1 aliphatic heterocycles. The highest BCUT2D eigenvalue weighted by Crippen LogP contribution is 2.42. The fourth-order valence-electron chi connectivity index (χ4n) is 3.70. The van der Waals surface area contributed by atoms with Crippen LogP contribution < -0.4 is 10.6 Å². The van der Waals surface area contributed by atoms with E-state index >= 15 is 0 Å². The van der Waals surface area contributed by atoms with E-state index in [0.29, 0.717) is 17.7 Å². The van der Waals surface area contributed by atoms with Gasteiger partial charge in [-0.1, -0.05) is 6.07 Å². The number of carbonyl (C=O) groups is 3. The van der Waals surface area contributed by atoms with E-state index in [0.717, 1.165) is 28.2 Å². The van der Waals surface area contributed by atoms with Gasteiger partial charge < -0.3 is 10.6 Å². The van der Waals surface area contributed by atoms with Crippen molar-refractivity contribution in [3.05, 3.63) is 51.7 Å². The second-order valence-corrected chi connectivity index (χ2v) is 7.58. The monoisotopic (exact) mass is 380 g/mol. The molecule has 2 heterocycles. The number of fused-ring (bicyclic) bond motifs is 2. The number of imide groups is 1. The van der Waals surface area contributed by atoms with Crippen LogP contribution in [0.4, 0.5) is 10.5 Å². The highest BCUT2D eigenvalue weighted by atomic mass is 32.1. The molecule has 4 rings (SSSR count). The first-order valence-electron chi connectivity index (χ1n) is 8.54. The third-order valence-corrected chi connectivity index (χ3v) is 5.89. The zero-order chi connectivity index (χ0) is 19.0. The summed E-state index contributed by atoms with van der Waals surface area (Å²) in [6, 6.07) is 9.77. The number of anilines is 1. The largest absolute Gasteiger partial charge is 0.325 e. The van der Waals surface area contributed by atoms with Gasteiger partial charge >= 0.3 is 6.03 Å². The first kappa shape index (κ1) is 17.2. The van der Waals surface area contributed by atoms with Crippen molar-refractivity contribution in [3.63, 3.8) is 0 Å². The zero-order valence-electron chi connectivity index (χ0n) is 14.3. The lowest BCUT2D eigenvalue weighted by molar-refractivity contribution is -0.134. The number of benzene rings is 1. The highest BCUT2D eigenvalue weighted by molar-refractivity contribution is 7.10. The number of urea groups is 1. The quantitative estimate of drug-likeness (QED) is 0.798. The molecule has 8 heteroatoms. The molecule has 1 saturated heterocycles. The van der Waals surface area contributed by atoms with Crippen LogP contribution in [0.5, 0.6) is 0 Å². The Morgan fingerprint density at radius 1 is 1.37 bits per heavy atom. The predicted octanol–water partition coefficient (Wildman–Crippen LogP) is 2.34. The van der Waals surface area contributed by atoms with Crippen LogP contribution in [-0.4, -0.2) is 29.3 Å². The Balaban J connectivity index is 1.52. The summed E-state index contributed by atoms with van der Waals surface area (Å²) in [5, 5.41) is 16.3. The van der Waals surface area contributed by atoms with Crippen LogP contribution in [0, 0.1) is 11.3 Å². The van der Waals surface area contributed by atoms with E-state index in [-0.39, 0.29) is 12.5 Å². The predicted molar refractivity (Wildman–Crippen MR) is 99.0 cm³/mol. The van der Waals surface area contributed by atoms with E-state index in [1.807, 2.05) is 17.5 Å². The maximum atomic E-state index is 13.1. The van der Waals surface area contributed by atoms with Crippen LogP contribution in [0.3, 0.4) is 0 Å². The summed E-state index contributed by atoms with van der Waals surface area (Å²) in [5.41, 5.74) is 0.653. The number of thiophene rings is 1. The van der Waals surface area contributed by atoms with Crippen molar-refractivity contribution in [1.29, 1.82) is 5.26 Å². The third-order valence-electron chi connectivity index (χ3n) is 4.91. The lowest BCUT2D eigenvalue weighted by Gasteiger charge is -2.31. The Morgan fingerprint density at radius 3 is 3.04 bits per heavy atom. The van der Waals surface area contributed by atoms with Gasteiger partial charge in [0.15, 0.2) is 0 Å². The minimum Gasteiger partial charge on any atom is -0.324 e. The van der Waals surface area contributed by atoms with Gasteiger partial charge in [-0.05, 0) is 48.9 Å². The Morgan fingerprint density at radius 2 is 2.22 bits per heavy atom. The number of rotatable bonds is 3. The van der Waals surface area contributed by atoms with Gasteiger partial charge in [0.25, 0.3) is 5.91 Å². The second kappa shape index (κ2) is 6.52. The van der Waals surface area contributed by atoms with Crippen LogP contribution in [-0.2, 0) is 21.5 Å². The van der Waals surface area contributed by atoms with Gasteiger partial charge in [-0.3, -0.25) is 14.5 Å². The van der Waals surface area contributed by atoms with Crippen molar-refractivity contribution >= 4 is 34.9 Å². The molecule has 4 amide bonds. The first-order valence-corrected chi connectivity index (χ1v) is 9.42. The third kappa shape index (κ3) is 2.86. The molecular weight excluding hydrogens is 364 g/mol. The fourth-order valence-corrected chi connectivity index (χ4v) is 4.70. The van der Waals surface area contributed by atoms with E-state index in [1.54, 1.807) is 29.5 Å². The van der Waals surface area contributed by atoms with E-state index in [9.17, 15) is 14.4 Å². The van der Waals surface area contributed by atoms with Gasteiger partial charge in [0, 0.05) is 16.1 Å². The Kier molecular flexibility index (Phi) is 4.16. The van der Waals surface area contributed by atoms with E-state index < -0.39 is 17.5 Å². The van der Waals surface area contributed by atoms with Gasteiger partial charge in [0.1, 0.15) is 12.1 Å². The molecule has 1 aromatic carbocycles. The number of nitrogens with one attached hydrogen (secondary N) is 2. The summed E-state index contributed by atoms with van der Waals surface area (Å²) in [5.74, 6) is -0.875. The normalized spacial score (nSPS) is 20.9. The Bertz CT molecular complexity index is 993. The van der Waals surface area contributed by atoms with Gasteiger partial charge in [-0.15, -0.1) is 11.3 Å². The zero-order valence-corrected chi connectivity index (χ0v) is 15.1. The number of carbonyl (C=O) groups excluding carboxylic acids is 3. The van der Waals surface area contributed by atoms with Gasteiger partial charge in [0.05, 0.1) is 11.6 Å². The summed E-state index contributed by atoms with van der Waals surface area (Å²) in [6.45, 7) is -0.372. The molecule has 0 saturated carbocycles. The maximum absolute atomic E-state index is 13.1. The molecule has 2 aromatic rings. The van der Waals surface area contributed by atoms with E-state index in [4.69, 9.17) is 5.26 Å². The SMILES string of the molecule is N#Cc1cccc(NC(=O)CN2C(=O)N[C@]3(CCCc4sccc43)C2=O)c1. The molecule has 2 N–H and O–H groups in total. The number of amides is 4. The maximum Gasteiger partial charge on any atom is 0.325 e. The average molecular weight is 380 g/mol. The summed E-state index contributed by atoms with van der Waals surface area (Å²) >= 11 is 1.58. The molecule has 27 heavy (non-hydrogen) atoms. The number of hydrogen-bond acceptors (Lipinski definition) is 5. The molecule has 136 valence electrons. The number of nitrogens with zero attached hydrogens (tertiary/aromatic N) is 2. The molecule has 0 unspecified atom stereocenters. The molecule has 1 fully saturated rings. The summed E-state index contributed by atoms with van der Waals surface area (Å²) in [6.07, 6.45) is 2.23. The standard InChI is InChI=1S/C19H16N4O3S/c20-10-12-3-1-4-13(9-12)21-16(24)11-23-17(25)19(22-18(23)26)7-2-5-15-14(19)6-8-27-15/h1,3-4,6,8-9H,2,5,7,11H2,(H,21,24)(H,22,26)/t19-/m0/s1. The molecule has 0 radical (unpaired) electrons. The molecule has 1 aliphatic carbocycles. The molecule has 1 atom stereocenters. The Labute approximate surface area is 159 Å². The van der Waals surface area contributed by atoms with Crippen molar-refractivity contribution in [2.75, 3.05) is 11.9 Å². The van der Waals surface area contributed by atoms with Crippen molar-refractivity contribution in [1.82, 2.24) is 10.2 Å². The van der Waals surface area contributed by atoms with Crippen molar-refractivity contribution in [2.24, 2.45) is 0 Å². The lowest BCUT2D eigenvalue weighted by Crippen LogP contribution is -2.46. The van der Waals surface area contributed by atoms with Crippen LogP contribution in [0.2, 0.25) is 0 Å². The van der Waals surface area contributed by atoms with Crippen LogP contribution >= 0.6 is 11.3 Å². The molecule has 7 nitrogen and oxygen atoms in total. The molecule has 1 aromatic heterocycles. The summed E-state index contributed by atoms with van der Waals surface area (Å²) < 4.78 is 0. The van der Waals surface area contributed by atoms with E-state index in [2.05, 4.69) is 10.6 Å². The minimum absolute atomic E-state index is 0.372. The van der Waals surface area contributed by atoms with Crippen molar-refractivity contribution in [3.8, 4) is 6.07 Å². The molecule has 0 bridgehead atoms. The highest BCUT2D eigenvalue weighted by Gasteiger charge is 2.54. The van der Waals surface area contributed by atoms with Crippen molar-refractivity contribution in [2.45, 2.75) is 24.8 Å². The number of hydrogen-bond donors (Lipinski definition) is 2. The summed E-state index contributed by atoms with van der Waals surface area (Å²) in [4.78, 5) is 40.0. The minimum atomic E-state index is -1.05. The van der Waals surface area contributed by atoms with Gasteiger partial charge in [-0.2, -0.15) is 5.26 Å². The fraction of sp³-hybridized carbons (Fsp3) is 0.263. The van der Waals surface area contributed by atoms with Crippen LogP contribution in [0.1, 0.15) is 28.8 Å². The first-order chi connectivity index (χ1) is 13.0. The van der Waals surface area contributed by atoms with Gasteiger partial charge in [0.2, 0.25) is 5.91 Å². The van der Waals surface area contributed by atoms with Gasteiger partial charge in [-0.25, -0.2) is 4.79 Å². The second-order valence-electron chi connectivity index (χ2n) is 6.58. The van der Waals surface area contributed by atoms with E-state index in [1.165, 1.54) is 6.07 Å². The molecule has 2 aliphatic rings. The van der Waals surface area contributed by atoms with Crippen LogP contribution in [0.15, 0.2) is 35.7 Å². The Hall–Kier alpha value is -3.18. The molecular formula is C19H16N4O3S. The van der Waals surface area contributed by atoms with Crippen molar-refractivity contribution < 1.29 is 14.4 Å².